The lowest BCUT2D eigenvalue weighted by Gasteiger charge is -2.32. The van der Waals surface area contributed by atoms with E-state index in [2.05, 4.69) is 27.9 Å². The van der Waals surface area contributed by atoms with Crippen molar-refractivity contribution in [2.45, 2.75) is 31.3 Å². The molecule has 0 aliphatic heterocycles. The highest BCUT2D eigenvalue weighted by Crippen LogP contribution is 2.26. The normalized spacial score (nSPS) is 12.0. The second-order valence-corrected chi connectivity index (χ2v) is 12.1. The summed E-state index contributed by atoms with van der Waals surface area (Å²) in [5, 5.41) is 3.39. The van der Waals surface area contributed by atoms with E-state index < -0.39 is 28.5 Å². The lowest BCUT2D eigenvalue weighted by Crippen LogP contribution is -2.51. The van der Waals surface area contributed by atoms with E-state index in [9.17, 15) is 18.0 Å². The number of carbonyl (C=O) groups is 2. The van der Waals surface area contributed by atoms with Crippen LogP contribution < -0.4 is 9.62 Å². The molecule has 0 bridgehead atoms. The maximum Gasteiger partial charge on any atom is 0.264 e. The first kappa shape index (κ1) is 29.2. The van der Waals surface area contributed by atoms with Crippen molar-refractivity contribution in [2.75, 3.05) is 17.4 Å². The summed E-state index contributed by atoms with van der Waals surface area (Å²) in [5.74, 6) is -0.912. The van der Waals surface area contributed by atoms with Gasteiger partial charge in [-0.15, -0.1) is 0 Å². The third kappa shape index (κ3) is 7.37. The highest BCUT2D eigenvalue weighted by Gasteiger charge is 2.32. The van der Waals surface area contributed by atoms with Gasteiger partial charge in [-0.25, -0.2) is 8.42 Å². The molecule has 1 N–H and O–H groups in total. The van der Waals surface area contributed by atoms with E-state index in [0.717, 1.165) is 7.88 Å². The van der Waals surface area contributed by atoms with Crippen LogP contribution in [-0.2, 0) is 26.2 Å². The Kier molecular flexibility index (Phi) is 10.2. The number of benzene rings is 3. The highest BCUT2D eigenvalue weighted by molar-refractivity contribution is 14.1. The van der Waals surface area contributed by atoms with E-state index in [0.29, 0.717) is 27.8 Å². The largest absolute Gasteiger partial charge is 0.355 e. The Bertz CT molecular complexity index is 1360. The van der Waals surface area contributed by atoms with Crippen molar-refractivity contribution in [3.8, 4) is 0 Å². The molecule has 0 spiro atoms. The lowest BCUT2D eigenvalue weighted by molar-refractivity contribution is -0.139. The maximum absolute atomic E-state index is 13.8. The Labute approximate surface area is 240 Å². The summed E-state index contributed by atoms with van der Waals surface area (Å²) >= 11 is 14.3. The van der Waals surface area contributed by atoms with Crippen LogP contribution in [0.2, 0.25) is 10.0 Å². The van der Waals surface area contributed by atoms with Gasteiger partial charge in [0.05, 0.1) is 20.6 Å². The number of carbonyl (C=O) groups excluding carboxylic acids is 2. The molecule has 2 amide bonds. The van der Waals surface area contributed by atoms with Crippen LogP contribution in [0.5, 0.6) is 0 Å². The van der Waals surface area contributed by atoms with Crippen LogP contribution in [0.25, 0.3) is 0 Å². The SMILES string of the molecule is CCNC(=O)[C@@H](C)N(Cc1ccc(Cl)c(Cl)c1)C(=O)CN(c1ccc(I)cc1)S(=O)(=O)c1ccccc1. The topological polar surface area (TPSA) is 86.8 Å². The molecule has 7 nitrogen and oxygen atoms in total. The zero-order valence-electron chi connectivity index (χ0n) is 20.2. The Hall–Kier alpha value is -2.34. The number of rotatable bonds is 10. The molecule has 3 aromatic carbocycles. The molecule has 0 unspecified atom stereocenters. The lowest BCUT2D eigenvalue weighted by atomic mass is 10.1. The third-order valence-electron chi connectivity index (χ3n) is 5.58. The van der Waals surface area contributed by atoms with Crippen LogP contribution in [0.4, 0.5) is 5.69 Å². The number of anilines is 1. The Morgan fingerprint density at radius 3 is 2.22 bits per heavy atom. The molecular formula is C26H26Cl2IN3O4S. The summed E-state index contributed by atoms with van der Waals surface area (Å²) in [4.78, 5) is 27.9. The molecule has 0 heterocycles. The van der Waals surface area contributed by atoms with Gasteiger partial charge in [0.1, 0.15) is 12.6 Å². The molecule has 1 atom stereocenters. The third-order valence-corrected chi connectivity index (χ3v) is 8.83. The number of halogens is 3. The summed E-state index contributed by atoms with van der Waals surface area (Å²) in [6, 6.07) is 18.8. The minimum atomic E-state index is -4.09. The molecule has 3 aromatic rings. The molecule has 196 valence electrons. The number of hydrogen-bond acceptors (Lipinski definition) is 4. The molecule has 0 aliphatic rings. The molecular weight excluding hydrogens is 648 g/mol. The smallest absolute Gasteiger partial charge is 0.264 e. The summed E-state index contributed by atoms with van der Waals surface area (Å²) in [6.07, 6.45) is 0. The van der Waals surface area contributed by atoms with Crippen molar-refractivity contribution in [1.82, 2.24) is 10.2 Å². The van der Waals surface area contributed by atoms with Gasteiger partial charge in [0.15, 0.2) is 0 Å². The molecule has 0 aliphatic carbocycles. The summed E-state index contributed by atoms with van der Waals surface area (Å²) < 4.78 is 29.3. The van der Waals surface area contributed by atoms with Gasteiger partial charge in [-0.05, 0) is 90.5 Å². The van der Waals surface area contributed by atoms with E-state index in [1.807, 2.05) is 0 Å². The van der Waals surface area contributed by atoms with Crippen molar-refractivity contribution in [3.05, 3.63) is 92.0 Å². The number of likely N-dealkylation sites (N-methyl/N-ethyl adjacent to an activating group) is 1. The van der Waals surface area contributed by atoms with Gasteiger partial charge in [0, 0.05) is 16.7 Å². The summed E-state index contributed by atoms with van der Waals surface area (Å²) in [5.41, 5.74) is 0.975. The highest BCUT2D eigenvalue weighted by atomic mass is 127. The van der Waals surface area contributed by atoms with Gasteiger partial charge < -0.3 is 10.2 Å². The van der Waals surface area contributed by atoms with E-state index >= 15 is 0 Å². The van der Waals surface area contributed by atoms with Gasteiger partial charge in [0.25, 0.3) is 10.0 Å². The van der Waals surface area contributed by atoms with Crippen LogP contribution in [0.1, 0.15) is 19.4 Å². The van der Waals surface area contributed by atoms with Crippen LogP contribution in [0.15, 0.2) is 77.7 Å². The van der Waals surface area contributed by atoms with E-state index in [4.69, 9.17) is 23.2 Å². The fourth-order valence-corrected chi connectivity index (χ4v) is 5.71. The Morgan fingerprint density at radius 1 is 0.973 bits per heavy atom. The van der Waals surface area contributed by atoms with Gasteiger partial charge in [-0.1, -0.05) is 47.5 Å². The summed E-state index contributed by atoms with van der Waals surface area (Å²) in [6.45, 7) is 3.28. The minimum Gasteiger partial charge on any atom is -0.355 e. The second kappa shape index (κ2) is 12.9. The zero-order valence-corrected chi connectivity index (χ0v) is 24.7. The average Bonchev–Trinajstić information content (AvgIpc) is 2.88. The number of sulfonamides is 1. The first-order chi connectivity index (χ1) is 17.5. The minimum absolute atomic E-state index is 0.0277. The molecule has 0 fully saturated rings. The van der Waals surface area contributed by atoms with Crippen molar-refractivity contribution in [1.29, 1.82) is 0 Å². The molecule has 3 rings (SSSR count). The van der Waals surface area contributed by atoms with E-state index in [1.54, 1.807) is 74.5 Å². The van der Waals surface area contributed by atoms with Crippen molar-refractivity contribution in [2.24, 2.45) is 0 Å². The van der Waals surface area contributed by atoms with E-state index in [1.165, 1.54) is 17.0 Å². The van der Waals surface area contributed by atoms with Crippen molar-refractivity contribution in [3.63, 3.8) is 0 Å². The monoisotopic (exact) mass is 673 g/mol. The standard InChI is InChI=1S/C26H26Cl2IN3O4S/c1-3-30-26(34)18(2)31(16-19-9-14-23(27)24(28)15-19)25(33)17-32(21-12-10-20(29)11-13-21)37(35,36)22-7-5-4-6-8-22/h4-15,18H,3,16-17H2,1-2H3,(H,30,34)/t18-/m1/s1. The van der Waals surface area contributed by atoms with Gasteiger partial charge in [-0.2, -0.15) is 0 Å². The zero-order chi connectivity index (χ0) is 27.2. The average molecular weight is 674 g/mol. The maximum atomic E-state index is 13.8. The fourth-order valence-electron chi connectivity index (χ4n) is 3.60. The Balaban J connectivity index is 2.02. The molecule has 0 aromatic heterocycles. The van der Waals surface area contributed by atoms with Gasteiger partial charge in [0.2, 0.25) is 11.8 Å². The summed E-state index contributed by atoms with van der Waals surface area (Å²) in [7, 11) is -4.09. The second-order valence-electron chi connectivity index (χ2n) is 8.14. The first-order valence-corrected chi connectivity index (χ1v) is 14.7. The predicted octanol–water partition coefficient (Wildman–Crippen LogP) is 5.35. The van der Waals surface area contributed by atoms with Gasteiger partial charge >= 0.3 is 0 Å². The van der Waals surface area contributed by atoms with Crippen molar-refractivity contribution >= 4 is 73.3 Å². The van der Waals surface area contributed by atoms with E-state index in [-0.39, 0.29) is 17.3 Å². The quantitative estimate of drug-likeness (QED) is 0.294. The number of amides is 2. The van der Waals surface area contributed by atoms with Crippen LogP contribution in [0.3, 0.4) is 0 Å². The number of nitrogens with zero attached hydrogens (tertiary/aromatic N) is 2. The fraction of sp³-hybridized carbons (Fsp3) is 0.231. The molecule has 0 radical (unpaired) electrons. The van der Waals surface area contributed by atoms with Gasteiger partial charge in [-0.3, -0.25) is 13.9 Å². The van der Waals surface area contributed by atoms with Crippen molar-refractivity contribution < 1.29 is 18.0 Å². The molecule has 11 heteroatoms. The molecule has 0 saturated carbocycles. The molecule has 0 saturated heterocycles. The van der Waals surface area contributed by atoms with Crippen LogP contribution >= 0.6 is 45.8 Å². The predicted molar refractivity (Wildman–Crippen MR) is 155 cm³/mol. The Morgan fingerprint density at radius 2 is 1.62 bits per heavy atom. The molecule has 37 heavy (non-hydrogen) atoms. The number of nitrogens with one attached hydrogen (secondary N) is 1. The van der Waals surface area contributed by atoms with Crippen LogP contribution in [-0.4, -0.2) is 44.3 Å². The first-order valence-electron chi connectivity index (χ1n) is 11.4. The van der Waals surface area contributed by atoms with Crippen LogP contribution in [0, 0.1) is 3.57 Å². The number of hydrogen-bond donors (Lipinski definition) is 1.